The SMILES string of the molecule is CCNC(Cc1ccc(Cl)cc1)c1csc(Br)c1. The van der Waals surface area contributed by atoms with E-state index in [9.17, 15) is 0 Å². The smallest absolute Gasteiger partial charge is 0.0701 e. The summed E-state index contributed by atoms with van der Waals surface area (Å²) in [7, 11) is 0. The minimum atomic E-state index is 0.360. The number of likely N-dealkylation sites (N-methyl/N-ethyl adjacent to an activating group) is 1. The van der Waals surface area contributed by atoms with Gasteiger partial charge in [-0.25, -0.2) is 0 Å². The van der Waals surface area contributed by atoms with Crippen molar-refractivity contribution in [3.8, 4) is 0 Å². The second-order valence-electron chi connectivity index (χ2n) is 4.13. The zero-order chi connectivity index (χ0) is 13.0. The third-order valence-electron chi connectivity index (χ3n) is 2.79. The summed E-state index contributed by atoms with van der Waals surface area (Å²) >= 11 is 11.2. The van der Waals surface area contributed by atoms with Crippen LogP contribution in [0.15, 0.2) is 39.5 Å². The van der Waals surface area contributed by atoms with E-state index in [-0.39, 0.29) is 0 Å². The fraction of sp³-hybridized carbons (Fsp3) is 0.286. The Bertz CT molecular complexity index is 495. The normalized spacial score (nSPS) is 12.6. The van der Waals surface area contributed by atoms with Crippen LogP contribution in [0.4, 0.5) is 0 Å². The summed E-state index contributed by atoms with van der Waals surface area (Å²) in [6, 6.07) is 10.6. The lowest BCUT2D eigenvalue weighted by Crippen LogP contribution is -2.22. The van der Waals surface area contributed by atoms with Gasteiger partial charge in [0.15, 0.2) is 0 Å². The zero-order valence-corrected chi connectivity index (χ0v) is 13.3. The van der Waals surface area contributed by atoms with Crippen LogP contribution in [0, 0.1) is 0 Å². The van der Waals surface area contributed by atoms with Crippen molar-refractivity contribution in [1.82, 2.24) is 5.32 Å². The summed E-state index contributed by atoms with van der Waals surface area (Å²) < 4.78 is 1.18. The Morgan fingerprint density at radius 2 is 2.06 bits per heavy atom. The molecule has 18 heavy (non-hydrogen) atoms. The van der Waals surface area contributed by atoms with Crippen LogP contribution in [-0.4, -0.2) is 6.54 Å². The van der Waals surface area contributed by atoms with Gasteiger partial charge in [-0.05, 0) is 63.6 Å². The Hall–Kier alpha value is -0.350. The molecule has 0 aliphatic heterocycles. The van der Waals surface area contributed by atoms with Crippen molar-refractivity contribution < 1.29 is 0 Å². The van der Waals surface area contributed by atoms with Crippen molar-refractivity contribution in [3.05, 3.63) is 55.6 Å². The molecule has 1 unspecified atom stereocenters. The Balaban J connectivity index is 2.13. The molecule has 1 heterocycles. The fourth-order valence-corrected chi connectivity index (χ4v) is 3.27. The van der Waals surface area contributed by atoms with Gasteiger partial charge in [0.25, 0.3) is 0 Å². The number of benzene rings is 1. The molecule has 96 valence electrons. The number of halogens is 2. The maximum absolute atomic E-state index is 5.91. The molecule has 0 aliphatic carbocycles. The highest BCUT2D eigenvalue weighted by atomic mass is 79.9. The maximum atomic E-state index is 5.91. The minimum absolute atomic E-state index is 0.360. The fourth-order valence-electron chi connectivity index (χ4n) is 1.92. The number of nitrogens with one attached hydrogen (secondary N) is 1. The topological polar surface area (TPSA) is 12.0 Å². The number of hydrogen-bond donors (Lipinski definition) is 1. The highest BCUT2D eigenvalue weighted by Crippen LogP contribution is 2.27. The number of thiophene rings is 1. The van der Waals surface area contributed by atoms with Crippen molar-refractivity contribution in [2.75, 3.05) is 6.54 Å². The predicted molar refractivity (Wildman–Crippen MR) is 83.6 cm³/mol. The first-order valence-corrected chi connectivity index (χ1v) is 7.96. The van der Waals surface area contributed by atoms with Gasteiger partial charge in [-0.2, -0.15) is 0 Å². The number of rotatable bonds is 5. The largest absolute Gasteiger partial charge is 0.310 e. The van der Waals surface area contributed by atoms with E-state index < -0.39 is 0 Å². The molecule has 0 saturated heterocycles. The summed E-state index contributed by atoms with van der Waals surface area (Å²) in [5, 5.41) is 6.52. The molecule has 1 N–H and O–H groups in total. The molecule has 1 nitrogen and oxygen atoms in total. The molecule has 0 aliphatic rings. The van der Waals surface area contributed by atoms with E-state index in [1.807, 2.05) is 12.1 Å². The molecule has 0 saturated carbocycles. The molecule has 2 aromatic rings. The van der Waals surface area contributed by atoms with Gasteiger partial charge in [-0.15, -0.1) is 11.3 Å². The van der Waals surface area contributed by atoms with Crippen LogP contribution in [0.1, 0.15) is 24.1 Å². The molecule has 4 heteroatoms. The lowest BCUT2D eigenvalue weighted by Gasteiger charge is -2.17. The van der Waals surface area contributed by atoms with Crippen LogP contribution in [0.25, 0.3) is 0 Å². The Labute approximate surface area is 125 Å². The maximum Gasteiger partial charge on any atom is 0.0701 e. The average Bonchev–Trinajstić information content (AvgIpc) is 2.78. The van der Waals surface area contributed by atoms with E-state index in [2.05, 4.69) is 51.7 Å². The van der Waals surface area contributed by atoms with E-state index in [4.69, 9.17) is 11.6 Å². The van der Waals surface area contributed by atoms with Crippen LogP contribution < -0.4 is 5.32 Å². The van der Waals surface area contributed by atoms with E-state index in [1.165, 1.54) is 14.9 Å². The van der Waals surface area contributed by atoms with Gasteiger partial charge in [0, 0.05) is 11.1 Å². The van der Waals surface area contributed by atoms with Crippen LogP contribution >= 0.6 is 38.9 Å². The lowest BCUT2D eigenvalue weighted by atomic mass is 10.0. The molecule has 1 aromatic carbocycles. The van der Waals surface area contributed by atoms with Gasteiger partial charge >= 0.3 is 0 Å². The van der Waals surface area contributed by atoms with Crippen molar-refractivity contribution >= 4 is 38.9 Å². The molecule has 2 rings (SSSR count). The van der Waals surface area contributed by atoms with Crippen LogP contribution in [0.2, 0.25) is 5.02 Å². The first-order valence-electron chi connectivity index (χ1n) is 5.90. The quantitative estimate of drug-likeness (QED) is 0.799. The first kappa shape index (κ1) is 14.1. The van der Waals surface area contributed by atoms with Crippen LogP contribution in [0.3, 0.4) is 0 Å². The van der Waals surface area contributed by atoms with Crippen LogP contribution in [0.5, 0.6) is 0 Å². The molecular formula is C14H15BrClNS. The third kappa shape index (κ3) is 3.82. The molecule has 1 aromatic heterocycles. The second-order valence-corrected chi connectivity index (χ2v) is 6.85. The number of hydrogen-bond acceptors (Lipinski definition) is 2. The Kier molecular flexibility index (Phi) is 5.25. The molecule has 0 bridgehead atoms. The monoisotopic (exact) mass is 343 g/mol. The van der Waals surface area contributed by atoms with E-state index >= 15 is 0 Å². The van der Waals surface area contributed by atoms with Gasteiger partial charge in [0.2, 0.25) is 0 Å². The minimum Gasteiger partial charge on any atom is -0.310 e. The summed E-state index contributed by atoms with van der Waals surface area (Å²) in [5.41, 5.74) is 2.64. The Morgan fingerprint density at radius 3 is 2.61 bits per heavy atom. The summed E-state index contributed by atoms with van der Waals surface area (Å²) in [6.45, 7) is 3.10. The van der Waals surface area contributed by atoms with Gasteiger partial charge in [-0.3, -0.25) is 0 Å². The summed E-state index contributed by atoms with van der Waals surface area (Å²) in [4.78, 5) is 0. The van der Waals surface area contributed by atoms with Gasteiger partial charge < -0.3 is 5.32 Å². The second kappa shape index (κ2) is 6.71. The summed E-state index contributed by atoms with van der Waals surface area (Å²) in [5.74, 6) is 0. The van der Waals surface area contributed by atoms with Crippen molar-refractivity contribution in [2.45, 2.75) is 19.4 Å². The molecule has 0 radical (unpaired) electrons. The highest BCUT2D eigenvalue weighted by Gasteiger charge is 2.12. The average molecular weight is 345 g/mol. The van der Waals surface area contributed by atoms with E-state index in [0.717, 1.165) is 18.0 Å². The summed E-state index contributed by atoms with van der Waals surface area (Å²) in [6.07, 6.45) is 0.980. The standard InChI is InChI=1S/C14H15BrClNS/c1-2-17-13(11-8-14(15)18-9-11)7-10-3-5-12(16)6-4-10/h3-6,8-9,13,17H,2,7H2,1H3. The van der Waals surface area contributed by atoms with Crippen molar-refractivity contribution in [3.63, 3.8) is 0 Å². The van der Waals surface area contributed by atoms with Crippen molar-refractivity contribution in [2.24, 2.45) is 0 Å². The van der Waals surface area contributed by atoms with Gasteiger partial charge in [0.1, 0.15) is 0 Å². The molecule has 0 amide bonds. The third-order valence-corrected chi connectivity index (χ3v) is 4.57. The van der Waals surface area contributed by atoms with Crippen molar-refractivity contribution in [1.29, 1.82) is 0 Å². The molecular weight excluding hydrogens is 330 g/mol. The first-order chi connectivity index (χ1) is 8.69. The van der Waals surface area contributed by atoms with E-state index in [1.54, 1.807) is 11.3 Å². The zero-order valence-electron chi connectivity index (χ0n) is 10.1. The molecule has 0 spiro atoms. The van der Waals surface area contributed by atoms with E-state index in [0.29, 0.717) is 6.04 Å². The highest BCUT2D eigenvalue weighted by molar-refractivity contribution is 9.11. The lowest BCUT2D eigenvalue weighted by molar-refractivity contribution is 0.551. The molecule has 1 atom stereocenters. The molecule has 0 fully saturated rings. The van der Waals surface area contributed by atoms with Crippen LogP contribution in [-0.2, 0) is 6.42 Å². The Morgan fingerprint density at radius 1 is 1.33 bits per heavy atom. The predicted octanol–water partition coefficient (Wildman–Crippen LogP) is 5.06. The van der Waals surface area contributed by atoms with Gasteiger partial charge in [-0.1, -0.05) is 30.7 Å². The van der Waals surface area contributed by atoms with Gasteiger partial charge in [0.05, 0.1) is 3.79 Å².